The van der Waals surface area contributed by atoms with Crippen molar-refractivity contribution < 1.29 is 0 Å². The van der Waals surface area contributed by atoms with Crippen molar-refractivity contribution in [3.63, 3.8) is 0 Å². The van der Waals surface area contributed by atoms with Crippen LogP contribution in [0, 0.1) is 0 Å². The van der Waals surface area contributed by atoms with Crippen LogP contribution in [0.3, 0.4) is 0 Å². The maximum Gasteiger partial charge on any atom is 0.104 e. The molecular weight excluding hydrogens is 268 g/mol. The molecule has 0 spiro atoms. The number of hydrogen-bond acceptors (Lipinski definition) is 2. The van der Waals surface area contributed by atoms with Crippen molar-refractivity contribution in [2.75, 3.05) is 0 Å². The third-order valence-corrected chi connectivity index (χ3v) is 3.69. The van der Waals surface area contributed by atoms with Crippen LogP contribution in [0.5, 0.6) is 0 Å². The largest absolute Gasteiger partial charge is 0.389 e. The second-order valence-electron chi connectivity index (χ2n) is 4.92. The minimum absolute atomic E-state index is 0.440. The normalized spacial score (nSPS) is 11.1. The molecule has 0 bridgehead atoms. The second kappa shape index (κ2) is 5.09. The number of nitrogens with two attached hydrogens (primary N) is 1. The van der Waals surface area contributed by atoms with Gasteiger partial charge in [-0.2, -0.15) is 5.10 Å². The fraction of sp³-hybridized carbons (Fsp3) is 0.200. The van der Waals surface area contributed by atoms with Crippen LogP contribution in [0.15, 0.2) is 42.9 Å². The van der Waals surface area contributed by atoms with Crippen LogP contribution >= 0.6 is 12.2 Å². The Labute approximate surface area is 122 Å². The van der Waals surface area contributed by atoms with Crippen LogP contribution in [0.1, 0.15) is 11.1 Å². The average molecular weight is 284 g/mol. The summed E-state index contributed by atoms with van der Waals surface area (Å²) in [6.07, 6.45) is 7.03. The molecule has 0 aliphatic rings. The van der Waals surface area contributed by atoms with Crippen LogP contribution in [0.25, 0.3) is 10.9 Å². The van der Waals surface area contributed by atoms with E-state index in [0.29, 0.717) is 4.99 Å². The van der Waals surface area contributed by atoms with E-state index in [1.54, 1.807) is 0 Å². The van der Waals surface area contributed by atoms with Gasteiger partial charge in [-0.1, -0.05) is 12.2 Å². The number of hydrogen-bond donors (Lipinski definition) is 1. The molecule has 102 valence electrons. The molecule has 0 radical (unpaired) electrons. The van der Waals surface area contributed by atoms with E-state index in [0.717, 1.165) is 18.5 Å². The van der Waals surface area contributed by atoms with Gasteiger partial charge in [0.15, 0.2) is 0 Å². The lowest BCUT2D eigenvalue weighted by Gasteiger charge is -2.05. The van der Waals surface area contributed by atoms with Gasteiger partial charge in [0.2, 0.25) is 0 Å². The summed E-state index contributed by atoms with van der Waals surface area (Å²) in [5.74, 6) is 0. The van der Waals surface area contributed by atoms with Crippen molar-refractivity contribution in [1.82, 2.24) is 14.3 Å². The summed E-state index contributed by atoms with van der Waals surface area (Å²) in [5, 5.41) is 5.36. The zero-order valence-corrected chi connectivity index (χ0v) is 12.1. The van der Waals surface area contributed by atoms with Crippen molar-refractivity contribution in [2.24, 2.45) is 12.8 Å². The Morgan fingerprint density at radius 3 is 2.90 bits per heavy atom. The van der Waals surface area contributed by atoms with Crippen molar-refractivity contribution in [3.8, 4) is 0 Å². The summed E-state index contributed by atoms with van der Waals surface area (Å²) in [6, 6.07) is 8.19. The molecule has 3 aromatic rings. The van der Waals surface area contributed by atoms with E-state index in [9.17, 15) is 0 Å². The summed E-state index contributed by atoms with van der Waals surface area (Å²) in [7, 11) is 1.94. The third kappa shape index (κ3) is 2.44. The molecule has 0 saturated heterocycles. The maximum atomic E-state index is 5.66. The lowest BCUT2D eigenvalue weighted by atomic mass is 10.1. The molecule has 0 atom stereocenters. The standard InChI is InChI=1S/C15H16N4S/c1-18-10-11(9-17-18)4-6-19-7-5-12-8-13(15(16)20)2-3-14(12)19/h2-3,5,7-10H,4,6H2,1H3,(H2,16,20). The topological polar surface area (TPSA) is 48.8 Å². The molecule has 0 fully saturated rings. The fourth-order valence-electron chi connectivity index (χ4n) is 2.40. The lowest BCUT2D eigenvalue weighted by Crippen LogP contribution is -2.08. The first kappa shape index (κ1) is 12.9. The van der Waals surface area contributed by atoms with Crippen LogP contribution < -0.4 is 5.73 Å². The average Bonchev–Trinajstić information content (AvgIpc) is 3.02. The summed E-state index contributed by atoms with van der Waals surface area (Å²) in [5.41, 5.74) is 9.03. The molecule has 0 aliphatic heterocycles. The predicted octanol–water partition coefficient (Wildman–Crippen LogP) is 2.25. The van der Waals surface area contributed by atoms with Crippen LogP contribution in [-0.2, 0) is 20.0 Å². The summed E-state index contributed by atoms with van der Waals surface area (Å²) in [4.78, 5) is 0.440. The van der Waals surface area contributed by atoms with E-state index in [2.05, 4.69) is 34.2 Å². The molecule has 1 aromatic carbocycles. The van der Waals surface area contributed by atoms with E-state index < -0.39 is 0 Å². The number of nitrogens with zero attached hydrogens (tertiary/aromatic N) is 3. The number of rotatable bonds is 4. The van der Waals surface area contributed by atoms with Crippen LogP contribution in [-0.4, -0.2) is 19.3 Å². The SMILES string of the molecule is Cn1cc(CCn2ccc3cc(C(N)=S)ccc32)cn1. The number of aromatic nitrogens is 3. The van der Waals surface area contributed by atoms with Crippen molar-refractivity contribution in [1.29, 1.82) is 0 Å². The Balaban J connectivity index is 1.83. The molecule has 0 unspecified atom stereocenters. The summed E-state index contributed by atoms with van der Waals surface area (Å²) < 4.78 is 4.07. The molecule has 2 N–H and O–H groups in total. The highest BCUT2D eigenvalue weighted by atomic mass is 32.1. The molecular formula is C15H16N4S. The molecule has 0 saturated carbocycles. The minimum atomic E-state index is 0.440. The zero-order valence-electron chi connectivity index (χ0n) is 11.3. The number of benzene rings is 1. The van der Waals surface area contributed by atoms with Gasteiger partial charge in [0, 0.05) is 42.5 Å². The molecule has 3 rings (SSSR count). The Morgan fingerprint density at radius 1 is 1.35 bits per heavy atom. The summed E-state index contributed by atoms with van der Waals surface area (Å²) >= 11 is 5.01. The highest BCUT2D eigenvalue weighted by Gasteiger charge is 2.04. The van der Waals surface area contributed by atoms with Gasteiger partial charge in [-0.15, -0.1) is 0 Å². The number of fused-ring (bicyclic) bond motifs is 1. The van der Waals surface area contributed by atoms with E-state index in [-0.39, 0.29) is 0 Å². The smallest absolute Gasteiger partial charge is 0.104 e. The quantitative estimate of drug-likeness (QED) is 0.748. The van der Waals surface area contributed by atoms with E-state index in [4.69, 9.17) is 18.0 Å². The van der Waals surface area contributed by atoms with Gasteiger partial charge in [0.1, 0.15) is 4.99 Å². The molecule has 2 aromatic heterocycles. The first-order chi connectivity index (χ1) is 9.63. The van der Waals surface area contributed by atoms with E-state index in [1.807, 2.05) is 30.1 Å². The first-order valence-electron chi connectivity index (χ1n) is 6.50. The van der Waals surface area contributed by atoms with Crippen molar-refractivity contribution in [3.05, 3.63) is 54.0 Å². The maximum absolute atomic E-state index is 5.66. The van der Waals surface area contributed by atoms with Gasteiger partial charge in [0.05, 0.1) is 6.20 Å². The number of thiocarbonyl (C=S) groups is 1. The highest BCUT2D eigenvalue weighted by molar-refractivity contribution is 7.80. The van der Waals surface area contributed by atoms with Gasteiger partial charge in [-0.25, -0.2) is 0 Å². The monoisotopic (exact) mass is 284 g/mol. The predicted molar refractivity (Wildman–Crippen MR) is 84.7 cm³/mol. The van der Waals surface area contributed by atoms with Gasteiger partial charge < -0.3 is 10.3 Å². The minimum Gasteiger partial charge on any atom is -0.389 e. The highest BCUT2D eigenvalue weighted by Crippen LogP contribution is 2.18. The molecule has 0 aliphatic carbocycles. The van der Waals surface area contributed by atoms with Crippen LogP contribution in [0.4, 0.5) is 0 Å². The molecule has 5 heteroatoms. The Morgan fingerprint density at radius 2 is 2.20 bits per heavy atom. The molecule has 2 heterocycles. The first-order valence-corrected chi connectivity index (χ1v) is 6.90. The molecule has 0 amide bonds. The lowest BCUT2D eigenvalue weighted by molar-refractivity contribution is 0.720. The Bertz CT molecular complexity index is 769. The van der Waals surface area contributed by atoms with E-state index >= 15 is 0 Å². The number of aryl methyl sites for hydroxylation is 3. The van der Waals surface area contributed by atoms with Crippen molar-refractivity contribution >= 4 is 28.1 Å². The van der Waals surface area contributed by atoms with Gasteiger partial charge in [-0.05, 0) is 36.2 Å². The third-order valence-electron chi connectivity index (χ3n) is 3.46. The van der Waals surface area contributed by atoms with Gasteiger partial charge in [0.25, 0.3) is 0 Å². The van der Waals surface area contributed by atoms with Gasteiger partial charge >= 0.3 is 0 Å². The summed E-state index contributed by atoms with van der Waals surface area (Å²) in [6.45, 7) is 0.932. The fourth-order valence-corrected chi connectivity index (χ4v) is 2.53. The molecule has 20 heavy (non-hydrogen) atoms. The molecule has 4 nitrogen and oxygen atoms in total. The van der Waals surface area contributed by atoms with Crippen LogP contribution in [0.2, 0.25) is 0 Å². The Kier molecular flexibility index (Phi) is 3.28. The zero-order chi connectivity index (χ0) is 14.1. The Hall–Kier alpha value is -2.14. The van der Waals surface area contributed by atoms with Crippen molar-refractivity contribution in [2.45, 2.75) is 13.0 Å². The second-order valence-corrected chi connectivity index (χ2v) is 5.36. The van der Waals surface area contributed by atoms with E-state index in [1.165, 1.54) is 16.5 Å². The van der Waals surface area contributed by atoms with Gasteiger partial charge in [-0.3, -0.25) is 4.68 Å².